The van der Waals surface area contributed by atoms with E-state index in [4.69, 9.17) is 10.5 Å². The molecule has 1 aromatic rings. The zero-order valence-electron chi connectivity index (χ0n) is 9.04. The Morgan fingerprint density at radius 3 is 2.87 bits per heavy atom. The molecule has 0 aliphatic rings. The lowest BCUT2D eigenvalue weighted by Crippen LogP contribution is -2.12. The highest BCUT2D eigenvalue weighted by Crippen LogP contribution is 2.24. The van der Waals surface area contributed by atoms with Crippen LogP contribution in [0.5, 0.6) is 5.75 Å². The Balaban J connectivity index is 2.79. The Labute approximate surface area is 89.4 Å². The van der Waals surface area contributed by atoms with E-state index < -0.39 is 0 Å². The molecule has 82 valence electrons. The van der Waals surface area contributed by atoms with Crippen molar-refractivity contribution in [2.45, 2.75) is 19.8 Å². The Hall–Kier alpha value is -1.71. The summed E-state index contributed by atoms with van der Waals surface area (Å²) in [6.07, 6.45) is 1.31. The summed E-state index contributed by atoms with van der Waals surface area (Å²) in [6, 6.07) is 5.17. The van der Waals surface area contributed by atoms with E-state index in [1.54, 1.807) is 25.3 Å². The lowest BCUT2D eigenvalue weighted by Gasteiger charge is -2.09. The van der Waals surface area contributed by atoms with Crippen LogP contribution in [-0.2, 0) is 4.79 Å². The molecule has 0 fully saturated rings. The number of hydrogen-bond acceptors (Lipinski definition) is 3. The first-order valence-electron chi connectivity index (χ1n) is 4.90. The van der Waals surface area contributed by atoms with Gasteiger partial charge in [0, 0.05) is 12.5 Å². The van der Waals surface area contributed by atoms with Crippen LogP contribution in [0.4, 0.5) is 11.4 Å². The van der Waals surface area contributed by atoms with Gasteiger partial charge in [-0.05, 0) is 18.6 Å². The largest absolute Gasteiger partial charge is 0.497 e. The van der Waals surface area contributed by atoms with Gasteiger partial charge in [-0.1, -0.05) is 6.92 Å². The third kappa shape index (κ3) is 3.16. The van der Waals surface area contributed by atoms with Gasteiger partial charge in [0.25, 0.3) is 0 Å². The van der Waals surface area contributed by atoms with Gasteiger partial charge in [0.15, 0.2) is 0 Å². The predicted molar refractivity (Wildman–Crippen MR) is 60.9 cm³/mol. The Morgan fingerprint density at radius 1 is 1.53 bits per heavy atom. The van der Waals surface area contributed by atoms with Crippen molar-refractivity contribution >= 4 is 17.3 Å². The van der Waals surface area contributed by atoms with Crippen LogP contribution < -0.4 is 15.8 Å². The van der Waals surface area contributed by atoms with E-state index in [1.165, 1.54) is 0 Å². The molecular weight excluding hydrogens is 192 g/mol. The van der Waals surface area contributed by atoms with Crippen LogP contribution in [0.2, 0.25) is 0 Å². The molecule has 0 radical (unpaired) electrons. The van der Waals surface area contributed by atoms with Crippen LogP contribution in [-0.4, -0.2) is 13.0 Å². The molecule has 4 heteroatoms. The van der Waals surface area contributed by atoms with Gasteiger partial charge in [-0.25, -0.2) is 0 Å². The van der Waals surface area contributed by atoms with Gasteiger partial charge < -0.3 is 15.8 Å². The first-order chi connectivity index (χ1) is 7.17. The number of rotatable bonds is 4. The van der Waals surface area contributed by atoms with E-state index in [2.05, 4.69) is 5.32 Å². The molecule has 0 aliphatic carbocycles. The first kappa shape index (κ1) is 11.4. The van der Waals surface area contributed by atoms with Crippen LogP contribution in [0.15, 0.2) is 18.2 Å². The van der Waals surface area contributed by atoms with Gasteiger partial charge in [-0.15, -0.1) is 0 Å². The molecule has 0 saturated carbocycles. The van der Waals surface area contributed by atoms with Gasteiger partial charge in [-0.3, -0.25) is 4.79 Å². The van der Waals surface area contributed by atoms with Gasteiger partial charge >= 0.3 is 0 Å². The fourth-order valence-corrected chi connectivity index (χ4v) is 1.21. The van der Waals surface area contributed by atoms with E-state index >= 15 is 0 Å². The van der Waals surface area contributed by atoms with Crippen molar-refractivity contribution in [3.8, 4) is 5.75 Å². The SMILES string of the molecule is CCCC(=O)Nc1cc(OC)ccc1N. The van der Waals surface area contributed by atoms with Gasteiger partial charge in [0.2, 0.25) is 5.91 Å². The highest BCUT2D eigenvalue weighted by Gasteiger charge is 2.05. The minimum absolute atomic E-state index is 0.0301. The molecule has 0 aromatic heterocycles. The molecule has 0 atom stereocenters. The molecule has 3 N–H and O–H groups in total. The summed E-state index contributed by atoms with van der Waals surface area (Å²) >= 11 is 0. The predicted octanol–water partition coefficient (Wildman–Crippen LogP) is 2.02. The zero-order chi connectivity index (χ0) is 11.3. The van der Waals surface area contributed by atoms with Crippen molar-refractivity contribution in [1.82, 2.24) is 0 Å². The average molecular weight is 208 g/mol. The minimum atomic E-state index is -0.0301. The third-order valence-electron chi connectivity index (χ3n) is 2.01. The molecule has 1 rings (SSSR count). The molecule has 15 heavy (non-hydrogen) atoms. The highest BCUT2D eigenvalue weighted by molar-refractivity contribution is 5.94. The average Bonchev–Trinajstić information content (AvgIpc) is 2.21. The first-order valence-corrected chi connectivity index (χ1v) is 4.90. The number of nitrogens with one attached hydrogen (secondary N) is 1. The number of hydrogen-bond donors (Lipinski definition) is 2. The molecule has 0 aliphatic heterocycles. The Kier molecular flexibility index (Phi) is 3.97. The van der Waals surface area contributed by atoms with E-state index in [0.29, 0.717) is 23.5 Å². The fourth-order valence-electron chi connectivity index (χ4n) is 1.21. The summed E-state index contributed by atoms with van der Waals surface area (Å²) in [5.74, 6) is 0.647. The summed E-state index contributed by atoms with van der Waals surface area (Å²) in [5.41, 5.74) is 6.86. The number of anilines is 2. The molecule has 0 saturated heterocycles. The summed E-state index contributed by atoms with van der Waals surface area (Å²) in [5, 5.41) is 2.74. The zero-order valence-corrected chi connectivity index (χ0v) is 9.04. The van der Waals surface area contributed by atoms with E-state index in [0.717, 1.165) is 6.42 Å². The van der Waals surface area contributed by atoms with Crippen molar-refractivity contribution in [3.05, 3.63) is 18.2 Å². The van der Waals surface area contributed by atoms with Gasteiger partial charge in [0.05, 0.1) is 18.5 Å². The quantitative estimate of drug-likeness (QED) is 0.744. The number of benzene rings is 1. The summed E-state index contributed by atoms with van der Waals surface area (Å²) in [4.78, 5) is 11.4. The monoisotopic (exact) mass is 208 g/mol. The number of amides is 1. The number of nitrogen functional groups attached to an aromatic ring is 1. The topological polar surface area (TPSA) is 64.3 Å². The smallest absolute Gasteiger partial charge is 0.224 e. The van der Waals surface area contributed by atoms with Crippen LogP contribution in [0, 0.1) is 0 Å². The summed E-state index contributed by atoms with van der Waals surface area (Å²) < 4.78 is 5.04. The highest BCUT2D eigenvalue weighted by atomic mass is 16.5. The number of nitrogens with two attached hydrogens (primary N) is 1. The summed E-state index contributed by atoms with van der Waals surface area (Å²) in [7, 11) is 1.57. The van der Waals surface area contributed by atoms with Gasteiger partial charge in [0.1, 0.15) is 5.75 Å². The van der Waals surface area contributed by atoms with Crippen LogP contribution in [0.3, 0.4) is 0 Å². The lowest BCUT2D eigenvalue weighted by molar-refractivity contribution is -0.116. The molecule has 0 heterocycles. The molecule has 1 aromatic carbocycles. The maximum absolute atomic E-state index is 11.4. The number of methoxy groups -OCH3 is 1. The molecule has 4 nitrogen and oxygen atoms in total. The lowest BCUT2D eigenvalue weighted by atomic mass is 10.2. The Bertz CT molecular complexity index is 350. The number of carbonyl (C=O) groups excluding carboxylic acids is 1. The number of carbonyl (C=O) groups is 1. The molecule has 1 amide bonds. The van der Waals surface area contributed by atoms with Crippen LogP contribution in [0.25, 0.3) is 0 Å². The van der Waals surface area contributed by atoms with Crippen molar-refractivity contribution in [2.24, 2.45) is 0 Å². The van der Waals surface area contributed by atoms with E-state index in [1.807, 2.05) is 6.92 Å². The molecule has 0 bridgehead atoms. The maximum atomic E-state index is 11.4. The van der Waals surface area contributed by atoms with Gasteiger partial charge in [-0.2, -0.15) is 0 Å². The second-order valence-electron chi connectivity index (χ2n) is 3.25. The Morgan fingerprint density at radius 2 is 2.27 bits per heavy atom. The van der Waals surface area contributed by atoms with Crippen molar-refractivity contribution in [2.75, 3.05) is 18.2 Å². The second-order valence-corrected chi connectivity index (χ2v) is 3.25. The van der Waals surface area contributed by atoms with E-state index in [9.17, 15) is 4.79 Å². The van der Waals surface area contributed by atoms with Crippen LogP contribution >= 0.6 is 0 Å². The normalized spacial score (nSPS) is 9.73. The molecule has 0 unspecified atom stereocenters. The number of ether oxygens (including phenoxy) is 1. The van der Waals surface area contributed by atoms with E-state index in [-0.39, 0.29) is 5.91 Å². The minimum Gasteiger partial charge on any atom is -0.497 e. The standard InChI is InChI=1S/C11H16N2O2/c1-3-4-11(14)13-10-7-8(15-2)5-6-9(10)12/h5-7H,3-4,12H2,1-2H3,(H,13,14). The molecule has 0 spiro atoms. The summed E-state index contributed by atoms with van der Waals surface area (Å²) in [6.45, 7) is 1.95. The van der Waals surface area contributed by atoms with Crippen LogP contribution in [0.1, 0.15) is 19.8 Å². The van der Waals surface area contributed by atoms with Crippen molar-refractivity contribution in [1.29, 1.82) is 0 Å². The second kappa shape index (κ2) is 5.24. The fraction of sp³-hybridized carbons (Fsp3) is 0.364. The maximum Gasteiger partial charge on any atom is 0.224 e. The van der Waals surface area contributed by atoms with Crippen molar-refractivity contribution in [3.63, 3.8) is 0 Å². The third-order valence-corrected chi connectivity index (χ3v) is 2.01. The van der Waals surface area contributed by atoms with Crippen molar-refractivity contribution < 1.29 is 9.53 Å². The molecular formula is C11H16N2O2.